The lowest BCUT2D eigenvalue weighted by Crippen LogP contribution is -2.39. The number of carbonyl (C=O) groups is 1. The molecule has 0 aliphatic carbocycles. The van der Waals surface area contributed by atoms with E-state index in [1.54, 1.807) is 17.1 Å². The summed E-state index contributed by atoms with van der Waals surface area (Å²) in [5, 5.41) is 10.7. The molecular formula is C11H20N4O2. The Morgan fingerprint density at radius 2 is 2.41 bits per heavy atom. The molecule has 6 nitrogen and oxygen atoms in total. The third kappa shape index (κ3) is 4.95. The summed E-state index contributed by atoms with van der Waals surface area (Å²) < 4.78 is 6.48. The molecule has 6 heteroatoms. The Balaban J connectivity index is 2.30. The number of methoxy groups -OCH3 is 1. The summed E-state index contributed by atoms with van der Waals surface area (Å²) in [7, 11) is 1.42. The van der Waals surface area contributed by atoms with Crippen molar-refractivity contribution in [2.45, 2.75) is 38.8 Å². The Hall–Kier alpha value is -1.43. The van der Waals surface area contributed by atoms with E-state index in [-0.39, 0.29) is 12.0 Å². The van der Waals surface area contributed by atoms with Gasteiger partial charge in [-0.3, -0.25) is 9.48 Å². The second-order valence-electron chi connectivity index (χ2n) is 3.84. The van der Waals surface area contributed by atoms with Gasteiger partial charge in [0.25, 0.3) is 0 Å². The second kappa shape index (κ2) is 7.78. The number of aromatic nitrogens is 3. The molecule has 1 unspecified atom stereocenters. The first-order chi connectivity index (χ1) is 8.27. The van der Waals surface area contributed by atoms with Gasteiger partial charge in [0.05, 0.1) is 19.9 Å². The molecule has 1 atom stereocenters. The van der Waals surface area contributed by atoms with E-state index >= 15 is 0 Å². The normalized spacial score (nSPS) is 12.4. The molecule has 1 N–H and O–H groups in total. The zero-order chi connectivity index (χ0) is 12.5. The fourth-order valence-electron chi connectivity index (χ4n) is 1.56. The third-order valence-corrected chi connectivity index (χ3v) is 2.54. The molecule has 96 valence electrons. The molecule has 0 aromatic carbocycles. The van der Waals surface area contributed by atoms with Gasteiger partial charge in [-0.1, -0.05) is 25.0 Å². The van der Waals surface area contributed by atoms with Crippen LogP contribution in [0.1, 0.15) is 26.2 Å². The molecule has 0 amide bonds. The summed E-state index contributed by atoms with van der Waals surface area (Å²) >= 11 is 0. The van der Waals surface area contributed by atoms with Gasteiger partial charge in [-0.2, -0.15) is 0 Å². The Labute approximate surface area is 101 Å². The highest BCUT2D eigenvalue weighted by Crippen LogP contribution is 2.02. The first-order valence-electron chi connectivity index (χ1n) is 5.93. The van der Waals surface area contributed by atoms with Crippen LogP contribution in [0.5, 0.6) is 0 Å². The van der Waals surface area contributed by atoms with Crippen molar-refractivity contribution in [1.29, 1.82) is 0 Å². The summed E-state index contributed by atoms with van der Waals surface area (Å²) in [4.78, 5) is 11.5. The van der Waals surface area contributed by atoms with Gasteiger partial charge in [-0.25, -0.2) is 0 Å². The maximum absolute atomic E-state index is 11.5. The largest absolute Gasteiger partial charge is 0.468 e. The fourth-order valence-corrected chi connectivity index (χ4v) is 1.56. The van der Waals surface area contributed by atoms with E-state index < -0.39 is 0 Å². The lowest BCUT2D eigenvalue weighted by molar-refractivity contribution is -0.143. The van der Waals surface area contributed by atoms with Crippen LogP contribution in [-0.4, -0.2) is 40.7 Å². The molecule has 0 aliphatic rings. The number of nitrogens with zero attached hydrogens (tertiary/aromatic N) is 3. The number of rotatable bonds is 8. The summed E-state index contributed by atoms with van der Waals surface area (Å²) in [5.41, 5.74) is 0. The average molecular weight is 240 g/mol. The lowest BCUT2D eigenvalue weighted by Gasteiger charge is -2.15. The number of carbonyl (C=O) groups excluding carboxylic acids is 1. The monoisotopic (exact) mass is 240 g/mol. The molecule has 1 aromatic heterocycles. The SMILES string of the molecule is CCCCC(NCCn1ccnn1)C(=O)OC. The molecule has 1 aromatic rings. The van der Waals surface area contributed by atoms with Gasteiger partial charge in [-0.05, 0) is 6.42 Å². The van der Waals surface area contributed by atoms with E-state index in [4.69, 9.17) is 4.74 Å². The summed E-state index contributed by atoms with van der Waals surface area (Å²) in [6, 6.07) is -0.219. The van der Waals surface area contributed by atoms with Crippen molar-refractivity contribution in [3.8, 4) is 0 Å². The van der Waals surface area contributed by atoms with Crippen LogP contribution in [0.2, 0.25) is 0 Å². The van der Waals surface area contributed by atoms with Crippen molar-refractivity contribution >= 4 is 5.97 Å². The van der Waals surface area contributed by atoms with E-state index in [9.17, 15) is 4.79 Å². The van der Waals surface area contributed by atoms with Gasteiger partial charge in [-0.15, -0.1) is 5.10 Å². The number of nitrogens with one attached hydrogen (secondary N) is 1. The van der Waals surface area contributed by atoms with Crippen molar-refractivity contribution < 1.29 is 9.53 Å². The third-order valence-electron chi connectivity index (χ3n) is 2.54. The minimum absolute atomic E-state index is 0.197. The van der Waals surface area contributed by atoms with Crippen LogP contribution in [0.4, 0.5) is 0 Å². The van der Waals surface area contributed by atoms with E-state index in [2.05, 4.69) is 22.6 Å². The topological polar surface area (TPSA) is 69.0 Å². The standard InChI is InChI=1S/C11H20N4O2/c1-3-4-5-10(11(16)17-2)12-6-8-15-9-7-13-14-15/h7,9-10,12H,3-6,8H2,1-2H3. The number of esters is 1. The van der Waals surface area contributed by atoms with Crippen LogP contribution in [-0.2, 0) is 16.1 Å². The van der Waals surface area contributed by atoms with Crippen LogP contribution >= 0.6 is 0 Å². The van der Waals surface area contributed by atoms with E-state index in [0.717, 1.165) is 19.3 Å². The fraction of sp³-hybridized carbons (Fsp3) is 0.727. The van der Waals surface area contributed by atoms with Gasteiger partial charge in [0.2, 0.25) is 0 Å². The van der Waals surface area contributed by atoms with Gasteiger partial charge in [0.1, 0.15) is 6.04 Å². The average Bonchev–Trinajstić information content (AvgIpc) is 2.85. The highest BCUT2D eigenvalue weighted by molar-refractivity contribution is 5.75. The Morgan fingerprint density at radius 3 is 3.00 bits per heavy atom. The minimum atomic E-state index is -0.219. The van der Waals surface area contributed by atoms with E-state index in [1.165, 1.54) is 7.11 Å². The molecule has 0 spiro atoms. The number of unbranched alkanes of at least 4 members (excludes halogenated alkanes) is 1. The number of hydrogen-bond donors (Lipinski definition) is 1. The second-order valence-corrected chi connectivity index (χ2v) is 3.84. The molecular weight excluding hydrogens is 220 g/mol. The van der Waals surface area contributed by atoms with Gasteiger partial charge >= 0.3 is 5.97 Å². The van der Waals surface area contributed by atoms with Crippen molar-refractivity contribution in [3.63, 3.8) is 0 Å². The molecule has 0 saturated heterocycles. The Morgan fingerprint density at radius 1 is 1.59 bits per heavy atom. The summed E-state index contributed by atoms with van der Waals surface area (Å²) in [5.74, 6) is -0.197. The maximum Gasteiger partial charge on any atom is 0.322 e. The van der Waals surface area contributed by atoms with E-state index in [0.29, 0.717) is 13.1 Å². The molecule has 0 saturated carbocycles. The number of ether oxygens (including phenoxy) is 1. The van der Waals surface area contributed by atoms with Crippen LogP contribution < -0.4 is 5.32 Å². The first-order valence-corrected chi connectivity index (χ1v) is 5.93. The summed E-state index contributed by atoms with van der Waals surface area (Å²) in [6.45, 7) is 3.47. The molecule has 0 fully saturated rings. The van der Waals surface area contributed by atoms with Crippen molar-refractivity contribution in [3.05, 3.63) is 12.4 Å². The van der Waals surface area contributed by atoms with Crippen LogP contribution in [0.25, 0.3) is 0 Å². The predicted molar refractivity (Wildman–Crippen MR) is 63.4 cm³/mol. The van der Waals surface area contributed by atoms with Crippen LogP contribution in [0.15, 0.2) is 12.4 Å². The molecule has 0 radical (unpaired) electrons. The first kappa shape index (κ1) is 13.6. The highest BCUT2D eigenvalue weighted by Gasteiger charge is 2.17. The van der Waals surface area contributed by atoms with Gasteiger partial charge < -0.3 is 10.1 Å². The zero-order valence-corrected chi connectivity index (χ0v) is 10.4. The van der Waals surface area contributed by atoms with E-state index in [1.807, 2.05) is 0 Å². The maximum atomic E-state index is 11.5. The van der Waals surface area contributed by atoms with Gasteiger partial charge in [0.15, 0.2) is 0 Å². The Bertz CT molecular complexity index is 313. The van der Waals surface area contributed by atoms with Crippen LogP contribution in [0.3, 0.4) is 0 Å². The van der Waals surface area contributed by atoms with Crippen molar-refractivity contribution in [1.82, 2.24) is 20.3 Å². The number of hydrogen-bond acceptors (Lipinski definition) is 5. The molecule has 1 heterocycles. The smallest absolute Gasteiger partial charge is 0.322 e. The lowest BCUT2D eigenvalue weighted by atomic mass is 10.1. The molecule has 1 rings (SSSR count). The molecule has 0 bridgehead atoms. The quantitative estimate of drug-likeness (QED) is 0.674. The van der Waals surface area contributed by atoms with Crippen molar-refractivity contribution in [2.75, 3.05) is 13.7 Å². The molecule has 0 aliphatic heterocycles. The predicted octanol–water partition coefficient (Wildman–Crippen LogP) is 0.599. The minimum Gasteiger partial charge on any atom is -0.468 e. The van der Waals surface area contributed by atoms with Crippen LogP contribution in [0, 0.1) is 0 Å². The summed E-state index contributed by atoms with van der Waals surface area (Å²) in [6.07, 6.45) is 6.31. The zero-order valence-electron chi connectivity index (χ0n) is 10.4. The van der Waals surface area contributed by atoms with Crippen molar-refractivity contribution in [2.24, 2.45) is 0 Å². The highest BCUT2D eigenvalue weighted by atomic mass is 16.5. The Kier molecular flexibility index (Phi) is 6.24. The molecule has 17 heavy (non-hydrogen) atoms. The van der Waals surface area contributed by atoms with Gasteiger partial charge in [0, 0.05) is 12.7 Å².